The van der Waals surface area contributed by atoms with Crippen LogP contribution in [0.3, 0.4) is 0 Å². The highest BCUT2D eigenvalue weighted by Gasteiger charge is 2.13. The Morgan fingerprint density at radius 2 is 2.00 bits per heavy atom. The average molecular weight is 379 g/mol. The predicted molar refractivity (Wildman–Crippen MR) is 108 cm³/mol. The molecule has 8 heteroatoms. The Bertz CT molecular complexity index is 702. The van der Waals surface area contributed by atoms with Gasteiger partial charge in [-0.15, -0.1) is 0 Å². The first kappa shape index (κ1) is 20.5. The lowest BCUT2D eigenvalue weighted by Crippen LogP contribution is -2.27. The van der Waals surface area contributed by atoms with E-state index in [1.807, 2.05) is 4.68 Å². The van der Waals surface area contributed by atoms with Gasteiger partial charge in [0.15, 0.2) is 10.8 Å². The zero-order valence-corrected chi connectivity index (χ0v) is 16.9. The number of hydrogen-bond donors (Lipinski definition) is 2. The number of carbonyl (C=O) groups excluding carboxylic acids is 1. The van der Waals surface area contributed by atoms with E-state index in [0.717, 1.165) is 60.0 Å². The van der Waals surface area contributed by atoms with E-state index in [1.165, 1.54) is 0 Å². The van der Waals surface area contributed by atoms with Gasteiger partial charge in [-0.05, 0) is 19.3 Å². The summed E-state index contributed by atoms with van der Waals surface area (Å²) in [6.07, 6.45) is 6.45. The predicted octanol–water partition coefficient (Wildman–Crippen LogP) is 3.46. The molecule has 0 saturated carbocycles. The van der Waals surface area contributed by atoms with Crippen molar-refractivity contribution < 1.29 is 4.79 Å². The molecule has 2 aromatic rings. The minimum absolute atomic E-state index is 0.0995. The molecule has 2 heterocycles. The Morgan fingerprint density at radius 1 is 1.15 bits per heavy atom. The molecular formula is C18H30N6OS. The first-order chi connectivity index (χ1) is 12.7. The van der Waals surface area contributed by atoms with Gasteiger partial charge in [0.05, 0.1) is 18.1 Å². The van der Waals surface area contributed by atoms with Crippen LogP contribution in [0.2, 0.25) is 0 Å². The molecule has 0 aromatic carbocycles. The summed E-state index contributed by atoms with van der Waals surface area (Å²) >= 11 is 1.66. The van der Waals surface area contributed by atoms with Gasteiger partial charge in [-0.3, -0.25) is 4.79 Å². The van der Waals surface area contributed by atoms with E-state index in [4.69, 9.17) is 0 Å². The number of aromatic nitrogens is 4. The molecular weight excluding hydrogens is 348 g/mol. The smallest absolute Gasteiger partial charge is 0.220 e. The van der Waals surface area contributed by atoms with Crippen LogP contribution in [-0.2, 0) is 11.3 Å². The molecule has 7 nitrogen and oxygen atoms in total. The summed E-state index contributed by atoms with van der Waals surface area (Å²) in [7, 11) is 0. The summed E-state index contributed by atoms with van der Waals surface area (Å²) in [5.74, 6) is 1.93. The van der Waals surface area contributed by atoms with Gasteiger partial charge < -0.3 is 10.6 Å². The standard InChI is InChI=1S/C18H30N6OS/c1-4-7-8-15(25)19-10-11-24-17-14(13-21-24)16(20-9-5-2)22-18(23-17)26-12-6-3/h13H,4-12H2,1-3H3,(H,19,25)(H,20,22,23). The monoisotopic (exact) mass is 378 g/mol. The third kappa shape index (κ3) is 5.86. The van der Waals surface area contributed by atoms with Gasteiger partial charge in [0.25, 0.3) is 0 Å². The quantitative estimate of drug-likeness (QED) is 0.435. The second-order valence-electron chi connectivity index (χ2n) is 6.19. The molecule has 0 aliphatic heterocycles. The fourth-order valence-electron chi connectivity index (χ4n) is 2.46. The molecule has 0 radical (unpaired) electrons. The zero-order valence-electron chi connectivity index (χ0n) is 16.0. The molecule has 0 unspecified atom stereocenters. The first-order valence-corrected chi connectivity index (χ1v) is 10.5. The number of unbranched alkanes of at least 4 members (excludes halogenated alkanes) is 1. The maximum Gasteiger partial charge on any atom is 0.220 e. The van der Waals surface area contributed by atoms with Crippen LogP contribution >= 0.6 is 11.8 Å². The number of nitrogens with zero attached hydrogens (tertiary/aromatic N) is 4. The lowest BCUT2D eigenvalue weighted by Gasteiger charge is -2.09. The van der Waals surface area contributed by atoms with Crippen LogP contribution in [0.15, 0.2) is 11.4 Å². The van der Waals surface area contributed by atoms with E-state index in [1.54, 1.807) is 18.0 Å². The Kier molecular flexibility index (Phi) is 8.67. The van der Waals surface area contributed by atoms with E-state index in [2.05, 4.69) is 46.5 Å². The number of rotatable bonds is 12. The van der Waals surface area contributed by atoms with Crippen molar-refractivity contribution >= 4 is 34.5 Å². The van der Waals surface area contributed by atoms with Gasteiger partial charge in [-0.1, -0.05) is 39.0 Å². The molecule has 2 aromatic heterocycles. The molecule has 0 spiro atoms. The molecule has 2 rings (SSSR count). The van der Waals surface area contributed by atoms with Crippen molar-refractivity contribution in [2.75, 3.05) is 24.2 Å². The number of anilines is 1. The normalized spacial score (nSPS) is 11.0. The first-order valence-electron chi connectivity index (χ1n) is 9.56. The van der Waals surface area contributed by atoms with Crippen molar-refractivity contribution in [1.29, 1.82) is 0 Å². The number of fused-ring (bicyclic) bond motifs is 1. The maximum absolute atomic E-state index is 11.8. The number of hydrogen-bond acceptors (Lipinski definition) is 6. The van der Waals surface area contributed by atoms with Gasteiger partial charge in [-0.25, -0.2) is 14.6 Å². The molecule has 0 aliphatic carbocycles. The fraction of sp³-hybridized carbons (Fsp3) is 0.667. The SMILES string of the molecule is CCCCC(=O)NCCn1ncc2c(NCCC)nc(SCCC)nc21. The molecule has 0 saturated heterocycles. The Hall–Kier alpha value is -1.83. The van der Waals surface area contributed by atoms with Crippen LogP contribution in [0.1, 0.15) is 52.9 Å². The van der Waals surface area contributed by atoms with Crippen LogP contribution in [0.5, 0.6) is 0 Å². The van der Waals surface area contributed by atoms with E-state index in [-0.39, 0.29) is 5.91 Å². The Morgan fingerprint density at radius 3 is 2.73 bits per heavy atom. The van der Waals surface area contributed by atoms with E-state index >= 15 is 0 Å². The van der Waals surface area contributed by atoms with Crippen LogP contribution in [-0.4, -0.2) is 44.5 Å². The van der Waals surface area contributed by atoms with Crippen molar-refractivity contribution in [1.82, 2.24) is 25.1 Å². The second kappa shape index (κ2) is 11.0. The molecule has 144 valence electrons. The van der Waals surface area contributed by atoms with Crippen molar-refractivity contribution in [2.45, 2.75) is 64.6 Å². The summed E-state index contributed by atoms with van der Waals surface area (Å²) in [6.45, 7) is 8.38. The van der Waals surface area contributed by atoms with E-state index < -0.39 is 0 Å². The van der Waals surface area contributed by atoms with E-state index in [9.17, 15) is 4.79 Å². The van der Waals surface area contributed by atoms with Gasteiger partial charge in [-0.2, -0.15) is 5.10 Å². The van der Waals surface area contributed by atoms with Crippen molar-refractivity contribution in [3.8, 4) is 0 Å². The van der Waals surface area contributed by atoms with Crippen molar-refractivity contribution in [3.05, 3.63) is 6.20 Å². The lowest BCUT2D eigenvalue weighted by molar-refractivity contribution is -0.121. The van der Waals surface area contributed by atoms with Gasteiger partial charge in [0.2, 0.25) is 5.91 Å². The second-order valence-corrected chi connectivity index (χ2v) is 7.25. The highest BCUT2D eigenvalue weighted by atomic mass is 32.2. The maximum atomic E-state index is 11.8. The largest absolute Gasteiger partial charge is 0.369 e. The summed E-state index contributed by atoms with van der Waals surface area (Å²) < 4.78 is 1.85. The zero-order chi connectivity index (χ0) is 18.8. The topological polar surface area (TPSA) is 84.7 Å². The summed E-state index contributed by atoms with van der Waals surface area (Å²) in [6, 6.07) is 0. The third-order valence-corrected chi connectivity index (χ3v) is 4.91. The lowest BCUT2D eigenvalue weighted by atomic mass is 10.2. The van der Waals surface area contributed by atoms with Gasteiger partial charge in [0, 0.05) is 25.3 Å². The van der Waals surface area contributed by atoms with Crippen LogP contribution in [0, 0.1) is 0 Å². The summed E-state index contributed by atoms with van der Waals surface area (Å²) in [4.78, 5) is 21.1. The number of nitrogens with one attached hydrogen (secondary N) is 2. The molecule has 0 atom stereocenters. The Labute approximate surface area is 159 Å². The van der Waals surface area contributed by atoms with E-state index in [0.29, 0.717) is 19.5 Å². The van der Waals surface area contributed by atoms with Crippen LogP contribution in [0.25, 0.3) is 11.0 Å². The highest BCUT2D eigenvalue weighted by molar-refractivity contribution is 7.99. The molecule has 2 N–H and O–H groups in total. The minimum atomic E-state index is 0.0995. The highest BCUT2D eigenvalue weighted by Crippen LogP contribution is 2.24. The number of carbonyl (C=O) groups is 1. The van der Waals surface area contributed by atoms with Gasteiger partial charge in [0.1, 0.15) is 5.82 Å². The van der Waals surface area contributed by atoms with Crippen molar-refractivity contribution in [3.63, 3.8) is 0 Å². The van der Waals surface area contributed by atoms with Crippen molar-refractivity contribution in [2.24, 2.45) is 0 Å². The van der Waals surface area contributed by atoms with Crippen LogP contribution in [0.4, 0.5) is 5.82 Å². The molecule has 0 bridgehead atoms. The molecule has 0 aliphatic rings. The van der Waals surface area contributed by atoms with Gasteiger partial charge >= 0.3 is 0 Å². The minimum Gasteiger partial charge on any atom is -0.369 e. The fourth-order valence-corrected chi connectivity index (χ4v) is 3.16. The molecule has 0 fully saturated rings. The number of amides is 1. The summed E-state index contributed by atoms with van der Waals surface area (Å²) in [5, 5.41) is 12.5. The van der Waals surface area contributed by atoms with Crippen LogP contribution < -0.4 is 10.6 Å². The number of thioether (sulfide) groups is 1. The summed E-state index contributed by atoms with van der Waals surface area (Å²) in [5.41, 5.74) is 0.819. The average Bonchev–Trinajstić information content (AvgIpc) is 3.06. The third-order valence-electron chi connectivity index (χ3n) is 3.86. The Balaban J connectivity index is 2.12. The molecule has 1 amide bonds. The molecule has 26 heavy (non-hydrogen) atoms.